The molecule has 36 heavy (non-hydrogen) atoms. The van der Waals surface area contributed by atoms with Crippen LogP contribution in [0.2, 0.25) is 0 Å². The normalized spacial score (nSPS) is 14.8. The number of aromatic nitrogens is 3. The molecule has 182 valence electrons. The van der Waals surface area contributed by atoms with Crippen LogP contribution in [0, 0.1) is 6.92 Å². The molecule has 0 spiro atoms. The number of ketones is 1. The molecular weight excluding hydrogens is 456 g/mol. The van der Waals surface area contributed by atoms with Crippen LogP contribution >= 0.6 is 0 Å². The van der Waals surface area contributed by atoms with Crippen molar-refractivity contribution in [2.45, 2.75) is 32.9 Å². The number of fused-ring (bicyclic) bond motifs is 1. The van der Waals surface area contributed by atoms with E-state index in [2.05, 4.69) is 20.6 Å². The van der Waals surface area contributed by atoms with Crippen molar-refractivity contribution in [1.82, 2.24) is 19.4 Å². The first-order valence-corrected chi connectivity index (χ1v) is 11.7. The van der Waals surface area contributed by atoms with Crippen LogP contribution in [0.4, 0.5) is 17.2 Å². The first-order chi connectivity index (χ1) is 17.4. The van der Waals surface area contributed by atoms with Gasteiger partial charge in [-0.05, 0) is 62.7 Å². The first kappa shape index (κ1) is 23.2. The third-order valence-corrected chi connectivity index (χ3v) is 6.30. The van der Waals surface area contributed by atoms with Crippen LogP contribution in [0.25, 0.3) is 10.9 Å². The molecule has 1 atom stereocenters. The number of Topliss-reactive ketones (excluding diaryl/α,β-unsaturated/α-hetero) is 1. The molecule has 1 aliphatic rings. The highest BCUT2D eigenvalue weighted by atomic mass is 16.2. The lowest BCUT2D eigenvalue weighted by Crippen LogP contribution is -2.57. The number of nitrogens with one attached hydrogen (secondary N) is 2. The molecule has 1 aliphatic heterocycles. The number of carbonyl (C=O) groups is 3. The molecule has 5 rings (SSSR count). The van der Waals surface area contributed by atoms with Crippen LogP contribution in [-0.2, 0) is 16.1 Å². The van der Waals surface area contributed by atoms with E-state index in [4.69, 9.17) is 0 Å². The number of anilines is 3. The third kappa shape index (κ3) is 4.68. The second-order valence-corrected chi connectivity index (χ2v) is 8.87. The highest BCUT2D eigenvalue weighted by molar-refractivity contribution is 6.08. The molecule has 9 nitrogen and oxygen atoms in total. The number of benzene rings is 1. The molecule has 0 radical (unpaired) electrons. The van der Waals surface area contributed by atoms with Crippen LogP contribution in [0.3, 0.4) is 0 Å². The van der Waals surface area contributed by atoms with Gasteiger partial charge in [0.25, 0.3) is 0 Å². The number of hydrogen-bond acceptors (Lipinski definition) is 6. The molecule has 9 heteroatoms. The number of hydrogen-bond donors (Lipinski definition) is 2. The molecule has 0 aliphatic carbocycles. The second kappa shape index (κ2) is 9.61. The smallest absolute Gasteiger partial charge is 0.248 e. The summed E-state index contributed by atoms with van der Waals surface area (Å²) in [6.45, 7) is 3.91. The van der Waals surface area contributed by atoms with Crippen molar-refractivity contribution in [2.24, 2.45) is 0 Å². The quantitative estimate of drug-likeness (QED) is 0.387. The zero-order chi connectivity index (χ0) is 25.2. The Hall–Kier alpha value is -4.53. The Morgan fingerprint density at radius 2 is 1.94 bits per heavy atom. The lowest BCUT2D eigenvalue weighted by molar-refractivity contribution is -0.145. The lowest BCUT2D eigenvalue weighted by atomic mass is 10.0. The van der Waals surface area contributed by atoms with Crippen molar-refractivity contribution < 1.29 is 14.4 Å². The summed E-state index contributed by atoms with van der Waals surface area (Å²) in [6, 6.07) is 14.3. The topological polar surface area (TPSA) is 109 Å². The predicted octanol–water partition coefficient (Wildman–Crippen LogP) is 3.93. The van der Waals surface area contributed by atoms with Crippen LogP contribution in [0.15, 0.2) is 67.1 Å². The summed E-state index contributed by atoms with van der Waals surface area (Å²) in [4.78, 5) is 48.3. The van der Waals surface area contributed by atoms with Gasteiger partial charge in [-0.2, -0.15) is 0 Å². The second-order valence-electron chi connectivity index (χ2n) is 8.87. The molecule has 4 heterocycles. The number of amides is 2. The average Bonchev–Trinajstić information content (AvgIpc) is 3.16. The van der Waals surface area contributed by atoms with Crippen molar-refractivity contribution in [3.8, 4) is 0 Å². The number of carbonyl (C=O) groups excluding carboxylic acids is 3. The summed E-state index contributed by atoms with van der Waals surface area (Å²) in [6.07, 6.45) is 5.72. The van der Waals surface area contributed by atoms with Crippen molar-refractivity contribution in [3.63, 3.8) is 0 Å². The van der Waals surface area contributed by atoms with E-state index in [0.717, 1.165) is 28.0 Å². The Morgan fingerprint density at radius 1 is 1.08 bits per heavy atom. The Balaban J connectivity index is 1.33. The van der Waals surface area contributed by atoms with Gasteiger partial charge in [0.15, 0.2) is 5.78 Å². The van der Waals surface area contributed by atoms with Crippen LogP contribution in [-0.4, -0.2) is 49.6 Å². The van der Waals surface area contributed by atoms with Crippen LogP contribution < -0.4 is 10.6 Å². The summed E-state index contributed by atoms with van der Waals surface area (Å²) in [5, 5.41) is 6.84. The Labute approximate surface area is 208 Å². The van der Waals surface area contributed by atoms with Gasteiger partial charge >= 0.3 is 0 Å². The summed E-state index contributed by atoms with van der Waals surface area (Å²) >= 11 is 0. The molecular formula is C27H26N6O3. The highest BCUT2D eigenvalue weighted by Gasteiger charge is 2.37. The van der Waals surface area contributed by atoms with Crippen molar-refractivity contribution in [1.29, 1.82) is 0 Å². The monoisotopic (exact) mass is 482 g/mol. The van der Waals surface area contributed by atoms with Crippen molar-refractivity contribution in [2.75, 3.05) is 17.2 Å². The SMILES string of the molecule is CC(=O)c1cn(CC(=O)N2CC[C@H]2C(=O)Nc2cccc(C)n2)c2ccc(Nc3cccnc3)cc12. The number of rotatable bonds is 7. The van der Waals surface area contributed by atoms with Crippen molar-refractivity contribution in [3.05, 3.63) is 78.4 Å². The highest BCUT2D eigenvalue weighted by Crippen LogP contribution is 2.28. The van der Waals surface area contributed by atoms with Gasteiger partial charge in [0.1, 0.15) is 18.4 Å². The van der Waals surface area contributed by atoms with Gasteiger partial charge in [-0.1, -0.05) is 6.07 Å². The predicted molar refractivity (Wildman–Crippen MR) is 137 cm³/mol. The van der Waals surface area contributed by atoms with E-state index in [-0.39, 0.29) is 24.1 Å². The summed E-state index contributed by atoms with van der Waals surface area (Å²) in [5.74, 6) is -0.0436. The van der Waals surface area contributed by atoms with E-state index >= 15 is 0 Å². The molecule has 3 aromatic heterocycles. The first-order valence-electron chi connectivity index (χ1n) is 11.7. The van der Waals surface area contributed by atoms with Crippen molar-refractivity contribution >= 4 is 45.7 Å². The number of pyridine rings is 2. The maximum atomic E-state index is 13.2. The summed E-state index contributed by atoms with van der Waals surface area (Å²) < 4.78 is 1.78. The van der Waals surface area contributed by atoms with E-state index in [1.54, 1.807) is 34.1 Å². The summed E-state index contributed by atoms with van der Waals surface area (Å²) in [5.41, 5.74) is 3.76. The minimum Gasteiger partial charge on any atom is -0.354 e. The zero-order valence-corrected chi connectivity index (χ0v) is 20.1. The van der Waals surface area contributed by atoms with E-state index in [1.807, 2.05) is 49.4 Å². The van der Waals surface area contributed by atoms with Gasteiger partial charge in [0.05, 0.1) is 11.9 Å². The largest absolute Gasteiger partial charge is 0.354 e. The third-order valence-electron chi connectivity index (χ3n) is 6.30. The van der Waals surface area contributed by atoms with E-state index in [9.17, 15) is 14.4 Å². The molecule has 2 amide bonds. The van der Waals surface area contributed by atoms with E-state index in [0.29, 0.717) is 24.3 Å². The molecule has 0 saturated carbocycles. The maximum absolute atomic E-state index is 13.2. The Morgan fingerprint density at radius 3 is 2.64 bits per heavy atom. The minimum atomic E-state index is -0.538. The maximum Gasteiger partial charge on any atom is 0.248 e. The van der Waals surface area contributed by atoms with Gasteiger partial charge in [0, 0.05) is 46.8 Å². The Bertz CT molecular complexity index is 1460. The zero-order valence-electron chi connectivity index (χ0n) is 20.1. The molecule has 1 saturated heterocycles. The molecule has 4 aromatic rings. The number of aryl methyl sites for hydroxylation is 1. The summed E-state index contributed by atoms with van der Waals surface area (Å²) in [7, 11) is 0. The Kier molecular flexibility index (Phi) is 6.20. The van der Waals surface area contributed by atoms with Crippen LogP contribution in [0.5, 0.6) is 0 Å². The average molecular weight is 483 g/mol. The number of likely N-dealkylation sites (tertiary alicyclic amines) is 1. The molecule has 0 unspecified atom stereocenters. The molecule has 0 bridgehead atoms. The fourth-order valence-electron chi connectivity index (χ4n) is 4.41. The van der Waals surface area contributed by atoms with Crippen LogP contribution in [0.1, 0.15) is 29.4 Å². The minimum absolute atomic E-state index is 0.0334. The van der Waals surface area contributed by atoms with Gasteiger partial charge in [-0.25, -0.2) is 4.98 Å². The van der Waals surface area contributed by atoms with E-state index in [1.165, 1.54) is 6.92 Å². The van der Waals surface area contributed by atoms with E-state index < -0.39 is 6.04 Å². The van der Waals surface area contributed by atoms with Gasteiger partial charge < -0.3 is 20.1 Å². The fraction of sp³-hybridized carbons (Fsp3) is 0.222. The molecule has 1 fully saturated rings. The molecule has 2 N–H and O–H groups in total. The van der Waals surface area contributed by atoms with Gasteiger partial charge in [-0.15, -0.1) is 0 Å². The van der Waals surface area contributed by atoms with Gasteiger partial charge in [0.2, 0.25) is 11.8 Å². The molecule has 1 aromatic carbocycles. The lowest BCUT2D eigenvalue weighted by Gasteiger charge is -2.39. The fourth-order valence-corrected chi connectivity index (χ4v) is 4.41. The number of nitrogens with zero attached hydrogens (tertiary/aromatic N) is 4. The standard InChI is InChI=1S/C27H26N6O3/c1-17-5-3-7-25(29-17)31-27(36)24-10-12-33(24)26(35)16-32-15-22(18(2)34)21-13-19(8-9-23(21)32)30-20-6-4-11-28-14-20/h3-9,11,13-15,24,30H,10,12,16H2,1-2H3,(H,29,31,36)/t24-/m0/s1. The van der Waals surface area contributed by atoms with Gasteiger partial charge in [-0.3, -0.25) is 19.4 Å².